The Morgan fingerprint density at radius 3 is 2.40 bits per heavy atom. The van der Waals surface area contributed by atoms with E-state index < -0.39 is 27.9 Å². The molecule has 1 atom stereocenters. The van der Waals surface area contributed by atoms with Crippen molar-refractivity contribution < 1.29 is 31.4 Å². The van der Waals surface area contributed by atoms with E-state index >= 15 is 0 Å². The van der Waals surface area contributed by atoms with Crippen LogP contribution in [0.3, 0.4) is 0 Å². The van der Waals surface area contributed by atoms with Crippen molar-refractivity contribution in [2.45, 2.75) is 55.9 Å². The van der Waals surface area contributed by atoms with E-state index in [-0.39, 0.29) is 24.5 Å². The Morgan fingerprint density at radius 2 is 1.70 bits per heavy atom. The van der Waals surface area contributed by atoms with Crippen molar-refractivity contribution >= 4 is 27.5 Å². The number of aromatic nitrogens is 2. The Bertz CT molecular complexity index is 1720. The fourth-order valence-electron chi connectivity index (χ4n) is 7.24. The Kier molecular flexibility index (Phi) is 11.7. The topological polar surface area (TPSA) is 94.4 Å². The van der Waals surface area contributed by atoms with Gasteiger partial charge in [0.2, 0.25) is 10.0 Å². The molecule has 3 aliphatic heterocycles. The second kappa shape index (κ2) is 15.8. The first-order valence-corrected chi connectivity index (χ1v) is 20.1. The van der Waals surface area contributed by atoms with E-state index in [0.717, 1.165) is 81.6 Å². The van der Waals surface area contributed by atoms with Crippen molar-refractivity contribution in [3.05, 3.63) is 59.3 Å². The Morgan fingerprint density at radius 1 is 0.960 bits per heavy atom. The van der Waals surface area contributed by atoms with E-state index in [0.29, 0.717) is 42.1 Å². The van der Waals surface area contributed by atoms with Gasteiger partial charge in [-0.15, -0.1) is 11.8 Å². The third-order valence-electron chi connectivity index (χ3n) is 9.89. The molecule has 0 radical (unpaired) electrons. The zero-order valence-corrected chi connectivity index (χ0v) is 30.4. The molecule has 0 bridgehead atoms. The number of hydrogen-bond acceptors (Lipinski definition) is 9. The molecular weight excluding hydrogens is 690 g/mol. The SMILES string of the molecule is COc1ccccc1N1CCN(CC(O)Cn2nc(-c3ccc(C(F)(F)F)c(SCCN4CCCCC4)c3)c3c2CCN(S(C)(=O)=O)C3)CC1. The van der Waals surface area contributed by atoms with Gasteiger partial charge in [-0.3, -0.25) is 9.58 Å². The van der Waals surface area contributed by atoms with E-state index in [1.54, 1.807) is 17.9 Å². The van der Waals surface area contributed by atoms with Crippen molar-refractivity contribution in [2.75, 3.05) is 82.9 Å². The van der Waals surface area contributed by atoms with Gasteiger partial charge in [-0.2, -0.15) is 22.6 Å². The number of alkyl halides is 3. The summed E-state index contributed by atoms with van der Waals surface area (Å²) < 4.78 is 76.2. The van der Waals surface area contributed by atoms with Crippen molar-refractivity contribution in [2.24, 2.45) is 0 Å². The van der Waals surface area contributed by atoms with E-state index in [1.165, 1.54) is 28.6 Å². The van der Waals surface area contributed by atoms with Gasteiger partial charge in [0, 0.05) is 86.2 Å². The number of para-hydroxylation sites is 2. The summed E-state index contributed by atoms with van der Waals surface area (Å²) in [5, 5.41) is 16.1. The van der Waals surface area contributed by atoms with Crippen LogP contribution in [0.25, 0.3) is 11.3 Å². The number of piperazine rings is 1. The molecule has 50 heavy (non-hydrogen) atoms. The number of piperidine rings is 1. The van der Waals surface area contributed by atoms with Crippen LogP contribution in [0, 0.1) is 0 Å². The number of methoxy groups -OCH3 is 1. The molecule has 0 spiro atoms. The van der Waals surface area contributed by atoms with Crippen LogP contribution in [-0.2, 0) is 35.7 Å². The fourth-order valence-corrected chi connectivity index (χ4v) is 9.15. The molecular formula is C35H47F3N6O4S2. The molecule has 0 aliphatic carbocycles. The van der Waals surface area contributed by atoms with Crippen molar-refractivity contribution in [1.82, 2.24) is 23.9 Å². The van der Waals surface area contributed by atoms with Crippen molar-refractivity contribution in [3.8, 4) is 17.0 Å². The number of likely N-dealkylation sites (tertiary alicyclic amines) is 1. The molecule has 274 valence electrons. The van der Waals surface area contributed by atoms with Gasteiger partial charge in [-0.25, -0.2) is 8.42 Å². The number of ether oxygens (including phenoxy) is 1. The molecule has 2 fully saturated rings. The molecule has 3 aliphatic rings. The number of β-amino-alcohol motifs (C(OH)–C–C–N with tert-alkyl or cyclic N) is 1. The van der Waals surface area contributed by atoms with Crippen LogP contribution in [-0.4, -0.2) is 122 Å². The van der Waals surface area contributed by atoms with Crippen LogP contribution in [0.2, 0.25) is 0 Å². The predicted octanol–water partition coefficient (Wildman–Crippen LogP) is 4.66. The van der Waals surface area contributed by atoms with Gasteiger partial charge in [0.15, 0.2) is 0 Å². The van der Waals surface area contributed by atoms with Crippen LogP contribution in [0.1, 0.15) is 36.1 Å². The highest BCUT2D eigenvalue weighted by Gasteiger charge is 2.35. The summed E-state index contributed by atoms with van der Waals surface area (Å²) in [7, 11) is -1.85. The summed E-state index contributed by atoms with van der Waals surface area (Å²) in [6.07, 6.45) is -0.307. The number of thioether (sulfide) groups is 1. The van der Waals surface area contributed by atoms with Gasteiger partial charge < -0.3 is 19.6 Å². The molecule has 1 N–H and O–H groups in total. The van der Waals surface area contributed by atoms with Crippen LogP contribution < -0.4 is 9.64 Å². The molecule has 0 saturated carbocycles. The summed E-state index contributed by atoms with van der Waals surface area (Å²) in [5.41, 5.74) is 2.80. The molecule has 10 nitrogen and oxygen atoms in total. The van der Waals surface area contributed by atoms with Gasteiger partial charge in [0.05, 0.1) is 43.0 Å². The Balaban J connectivity index is 1.20. The number of nitrogens with zero attached hydrogens (tertiary/aromatic N) is 6. The smallest absolute Gasteiger partial charge is 0.417 e. The minimum atomic E-state index is -4.51. The normalized spacial score (nSPS) is 19.0. The summed E-state index contributed by atoms with van der Waals surface area (Å²) in [4.78, 5) is 6.92. The maximum Gasteiger partial charge on any atom is 0.417 e. The second-order valence-corrected chi connectivity index (χ2v) is 16.5. The summed E-state index contributed by atoms with van der Waals surface area (Å²) in [5.74, 6) is 1.35. The highest BCUT2D eigenvalue weighted by molar-refractivity contribution is 7.99. The average Bonchev–Trinajstić information content (AvgIpc) is 3.45. The van der Waals surface area contributed by atoms with Crippen LogP contribution in [0.5, 0.6) is 5.75 Å². The zero-order valence-electron chi connectivity index (χ0n) is 28.7. The number of rotatable bonds is 12. The third-order valence-corrected chi connectivity index (χ3v) is 12.2. The number of anilines is 1. The molecule has 6 rings (SSSR count). The van der Waals surface area contributed by atoms with Crippen molar-refractivity contribution in [3.63, 3.8) is 0 Å². The monoisotopic (exact) mass is 736 g/mol. The standard InChI is InChI=1S/C35H47F3N6O4S2/c1-48-32-9-5-4-8-31(32)42-18-16-41(17-19-42)23-27(45)24-44-30-12-15-43(50(2,46)47)25-28(30)34(39-44)26-10-11-29(35(36,37)38)33(22-26)49-21-20-40-13-6-3-7-14-40/h4-5,8-11,22,27,45H,3,6-7,12-21,23-25H2,1-2H3. The maximum absolute atomic E-state index is 14.1. The molecule has 1 aromatic heterocycles. The average molecular weight is 737 g/mol. The zero-order chi connectivity index (χ0) is 35.5. The van der Waals surface area contributed by atoms with Gasteiger partial charge in [-0.05, 0) is 50.2 Å². The number of sulfonamides is 1. The number of fused-ring (bicyclic) bond motifs is 1. The lowest BCUT2D eigenvalue weighted by atomic mass is 10.0. The molecule has 1 unspecified atom stereocenters. The Labute approximate surface area is 297 Å². The molecule has 2 aromatic carbocycles. The van der Waals surface area contributed by atoms with Gasteiger partial charge in [-0.1, -0.05) is 24.6 Å². The first-order valence-electron chi connectivity index (χ1n) is 17.3. The molecule has 2 saturated heterocycles. The molecule has 3 aromatic rings. The lowest BCUT2D eigenvalue weighted by molar-refractivity contribution is -0.139. The number of aliphatic hydroxyl groups is 1. The molecule has 0 amide bonds. The largest absolute Gasteiger partial charge is 0.495 e. The van der Waals surface area contributed by atoms with Gasteiger partial charge in [0.25, 0.3) is 0 Å². The summed E-state index contributed by atoms with van der Waals surface area (Å²) in [6.45, 7) is 6.68. The van der Waals surface area contributed by atoms with E-state index in [2.05, 4.69) is 14.7 Å². The number of hydrogen-bond donors (Lipinski definition) is 1. The molecule has 15 heteroatoms. The summed E-state index contributed by atoms with van der Waals surface area (Å²) in [6, 6.07) is 12.0. The quantitative estimate of drug-likeness (QED) is 0.267. The highest BCUT2D eigenvalue weighted by atomic mass is 32.2. The minimum Gasteiger partial charge on any atom is -0.495 e. The predicted molar refractivity (Wildman–Crippen MR) is 190 cm³/mol. The first-order chi connectivity index (χ1) is 23.9. The van der Waals surface area contributed by atoms with Crippen molar-refractivity contribution in [1.29, 1.82) is 0 Å². The lowest BCUT2D eigenvalue weighted by Crippen LogP contribution is -2.49. The Hall–Kier alpha value is -2.82. The molecule has 4 heterocycles. The van der Waals surface area contributed by atoms with Gasteiger partial charge >= 0.3 is 6.18 Å². The maximum atomic E-state index is 14.1. The second-order valence-electron chi connectivity index (χ2n) is 13.4. The lowest BCUT2D eigenvalue weighted by Gasteiger charge is -2.37. The summed E-state index contributed by atoms with van der Waals surface area (Å²) >= 11 is 1.20. The third kappa shape index (κ3) is 8.79. The number of aliphatic hydroxyl groups excluding tert-OH is 1. The highest BCUT2D eigenvalue weighted by Crippen LogP contribution is 2.40. The van der Waals surface area contributed by atoms with Gasteiger partial charge in [0.1, 0.15) is 5.75 Å². The number of benzene rings is 2. The minimum absolute atomic E-state index is 0.0724. The number of halogens is 3. The van der Waals surface area contributed by atoms with E-state index in [1.807, 2.05) is 24.3 Å². The fraction of sp³-hybridized carbons (Fsp3) is 0.571. The van der Waals surface area contributed by atoms with Crippen LogP contribution >= 0.6 is 11.8 Å². The van der Waals surface area contributed by atoms with Crippen LogP contribution in [0.4, 0.5) is 18.9 Å². The first kappa shape index (κ1) is 37.0. The van der Waals surface area contributed by atoms with E-state index in [9.17, 15) is 26.7 Å². The van der Waals surface area contributed by atoms with Crippen LogP contribution in [0.15, 0.2) is 47.4 Å². The van der Waals surface area contributed by atoms with E-state index in [4.69, 9.17) is 9.84 Å².